The Labute approximate surface area is 167 Å². The van der Waals surface area contributed by atoms with E-state index in [2.05, 4.69) is 5.32 Å². The number of nitrogens with zero attached hydrogens (tertiary/aromatic N) is 1. The number of nitrogens with one attached hydrogen (secondary N) is 1. The number of hydrogen-bond donors (Lipinski definition) is 1. The van der Waals surface area contributed by atoms with Crippen molar-refractivity contribution in [2.45, 2.75) is 51.1 Å². The maximum absolute atomic E-state index is 13.0. The topological polar surface area (TPSA) is 66.5 Å². The van der Waals surface area contributed by atoms with E-state index >= 15 is 0 Å². The van der Waals surface area contributed by atoms with Crippen LogP contribution in [-0.2, 0) is 26.0 Å². The first kappa shape index (κ1) is 21.3. The number of carbonyl (C=O) groups is 3. The minimum absolute atomic E-state index is 0.0796. The zero-order valence-electron chi connectivity index (χ0n) is 16.5. The number of amides is 3. The lowest BCUT2D eigenvalue weighted by Gasteiger charge is -2.27. The molecular weight excluding hydrogens is 385 g/mol. The first-order chi connectivity index (χ1) is 13.5. The largest absolute Gasteiger partial charge is 0.416 e. The molecule has 2 aliphatic rings. The lowest BCUT2D eigenvalue weighted by molar-refractivity contribution is -0.143. The third-order valence-corrected chi connectivity index (χ3v) is 5.93. The van der Waals surface area contributed by atoms with Crippen LogP contribution < -0.4 is 5.32 Å². The van der Waals surface area contributed by atoms with Gasteiger partial charge in [-0.15, -0.1) is 0 Å². The molecule has 3 rings (SSSR count). The standard InChI is InChI=1S/C21H25F3N2O3/c1-20(2,13-6-5-7-14(10-13)21(22,23)24)12-25-17(27)11-26-18(28)15-8-3-4-9-16(15)19(26)29/h5-7,10,15-16H,3-4,8-9,11-12H2,1-2H3,(H,25,27). The molecule has 3 amide bonds. The summed E-state index contributed by atoms with van der Waals surface area (Å²) in [6.07, 6.45) is -1.27. The summed E-state index contributed by atoms with van der Waals surface area (Å²) in [4.78, 5) is 38.3. The third kappa shape index (κ3) is 4.46. The molecular formula is C21H25F3N2O3. The number of halogens is 3. The lowest BCUT2D eigenvalue weighted by atomic mass is 9.81. The number of alkyl halides is 3. The van der Waals surface area contributed by atoms with Crippen LogP contribution >= 0.6 is 0 Å². The number of likely N-dealkylation sites (tertiary alicyclic amines) is 1. The Kier molecular flexibility index (Phi) is 5.74. The fraction of sp³-hybridized carbons (Fsp3) is 0.571. The fourth-order valence-electron chi connectivity index (χ4n) is 4.12. The molecule has 1 saturated carbocycles. The van der Waals surface area contributed by atoms with E-state index in [9.17, 15) is 27.6 Å². The highest BCUT2D eigenvalue weighted by Crippen LogP contribution is 2.38. The van der Waals surface area contributed by atoms with E-state index in [1.807, 2.05) is 0 Å². The highest BCUT2D eigenvalue weighted by atomic mass is 19.4. The highest BCUT2D eigenvalue weighted by Gasteiger charge is 2.48. The van der Waals surface area contributed by atoms with Gasteiger partial charge in [0.25, 0.3) is 0 Å². The predicted octanol–water partition coefficient (Wildman–Crippen LogP) is 3.27. The second kappa shape index (κ2) is 7.80. The van der Waals surface area contributed by atoms with Crippen LogP contribution in [0.2, 0.25) is 0 Å². The van der Waals surface area contributed by atoms with Gasteiger partial charge in [-0.1, -0.05) is 44.9 Å². The maximum Gasteiger partial charge on any atom is 0.416 e. The molecule has 2 unspecified atom stereocenters. The van der Waals surface area contributed by atoms with Crippen LogP contribution in [0.25, 0.3) is 0 Å². The van der Waals surface area contributed by atoms with Crippen LogP contribution in [0.5, 0.6) is 0 Å². The van der Waals surface area contributed by atoms with Crippen molar-refractivity contribution >= 4 is 17.7 Å². The smallest absolute Gasteiger partial charge is 0.354 e. The van der Waals surface area contributed by atoms with Crippen molar-refractivity contribution in [2.75, 3.05) is 13.1 Å². The highest BCUT2D eigenvalue weighted by molar-refractivity contribution is 6.07. The molecule has 29 heavy (non-hydrogen) atoms. The molecule has 0 bridgehead atoms. The lowest BCUT2D eigenvalue weighted by Crippen LogP contribution is -2.44. The van der Waals surface area contributed by atoms with Crippen molar-refractivity contribution in [1.82, 2.24) is 10.2 Å². The van der Waals surface area contributed by atoms with Gasteiger partial charge in [0.1, 0.15) is 6.54 Å². The second-order valence-electron chi connectivity index (χ2n) is 8.50. The Morgan fingerprint density at radius 3 is 2.17 bits per heavy atom. The summed E-state index contributed by atoms with van der Waals surface area (Å²) in [6.45, 7) is 3.19. The van der Waals surface area contributed by atoms with Gasteiger partial charge >= 0.3 is 6.18 Å². The molecule has 0 aromatic heterocycles. The van der Waals surface area contributed by atoms with Gasteiger partial charge in [0, 0.05) is 12.0 Å². The van der Waals surface area contributed by atoms with Crippen molar-refractivity contribution < 1.29 is 27.6 Å². The summed E-state index contributed by atoms with van der Waals surface area (Å²) in [7, 11) is 0. The molecule has 158 valence electrons. The van der Waals surface area contributed by atoms with Crippen LogP contribution in [0.15, 0.2) is 24.3 Å². The minimum Gasteiger partial charge on any atom is -0.354 e. The van der Waals surface area contributed by atoms with Gasteiger partial charge in [-0.2, -0.15) is 13.2 Å². The first-order valence-corrected chi connectivity index (χ1v) is 9.80. The summed E-state index contributed by atoms with van der Waals surface area (Å²) in [6, 6.07) is 5.00. The molecule has 1 aromatic carbocycles. The quantitative estimate of drug-likeness (QED) is 0.758. The predicted molar refractivity (Wildman–Crippen MR) is 99.6 cm³/mol. The van der Waals surface area contributed by atoms with Crippen LogP contribution in [0, 0.1) is 11.8 Å². The van der Waals surface area contributed by atoms with E-state index in [-0.39, 0.29) is 36.7 Å². The van der Waals surface area contributed by atoms with E-state index in [1.165, 1.54) is 6.07 Å². The van der Waals surface area contributed by atoms with E-state index in [4.69, 9.17) is 0 Å². The van der Waals surface area contributed by atoms with Gasteiger partial charge in [0.05, 0.1) is 17.4 Å². The summed E-state index contributed by atoms with van der Waals surface area (Å²) in [5.41, 5.74) is -1.07. The van der Waals surface area contributed by atoms with Crippen LogP contribution in [0.4, 0.5) is 13.2 Å². The summed E-state index contributed by atoms with van der Waals surface area (Å²) in [5, 5.41) is 2.66. The zero-order chi connectivity index (χ0) is 21.4. The molecule has 1 aromatic rings. The molecule has 0 spiro atoms. The number of imide groups is 1. The molecule has 1 N–H and O–H groups in total. The number of fused-ring (bicyclic) bond motifs is 1. The van der Waals surface area contributed by atoms with Gasteiger partial charge < -0.3 is 5.32 Å². The van der Waals surface area contributed by atoms with Crippen LogP contribution in [0.3, 0.4) is 0 Å². The second-order valence-corrected chi connectivity index (χ2v) is 8.50. The Morgan fingerprint density at radius 1 is 1.07 bits per heavy atom. The Balaban J connectivity index is 1.61. The van der Waals surface area contributed by atoms with Gasteiger partial charge in [0.2, 0.25) is 17.7 Å². The van der Waals surface area contributed by atoms with Crippen molar-refractivity contribution in [2.24, 2.45) is 11.8 Å². The molecule has 0 radical (unpaired) electrons. The Morgan fingerprint density at radius 2 is 1.62 bits per heavy atom. The summed E-state index contributed by atoms with van der Waals surface area (Å²) in [5.74, 6) is -1.69. The van der Waals surface area contributed by atoms with Crippen LogP contribution in [0.1, 0.15) is 50.7 Å². The van der Waals surface area contributed by atoms with Gasteiger partial charge in [-0.25, -0.2) is 0 Å². The van der Waals surface area contributed by atoms with E-state index in [0.29, 0.717) is 18.4 Å². The third-order valence-electron chi connectivity index (χ3n) is 5.93. The normalized spacial score (nSPS) is 22.6. The van der Waals surface area contributed by atoms with Crippen molar-refractivity contribution in [3.63, 3.8) is 0 Å². The minimum atomic E-state index is -4.44. The Hall–Kier alpha value is -2.38. The molecule has 1 aliphatic carbocycles. The van der Waals surface area contributed by atoms with Crippen molar-refractivity contribution in [3.05, 3.63) is 35.4 Å². The molecule has 5 nitrogen and oxygen atoms in total. The number of hydrogen-bond acceptors (Lipinski definition) is 3. The summed E-state index contributed by atoms with van der Waals surface area (Å²) >= 11 is 0. The van der Waals surface area contributed by atoms with Gasteiger partial charge in [0.15, 0.2) is 0 Å². The summed E-state index contributed by atoms with van der Waals surface area (Å²) < 4.78 is 38.9. The molecule has 8 heteroatoms. The number of carbonyl (C=O) groups excluding carboxylic acids is 3. The van der Waals surface area contributed by atoms with Crippen LogP contribution in [-0.4, -0.2) is 35.7 Å². The fourth-order valence-corrected chi connectivity index (χ4v) is 4.12. The SMILES string of the molecule is CC(C)(CNC(=O)CN1C(=O)C2CCCCC2C1=O)c1cccc(C(F)(F)F)c1. The number of rotatable bonds is 5. The molecule has 1 saturated heterocycles. The van der Waals surface area contributed by atoms with E-state index < -0.39 is 23.1 Å². The van der Waals surface area contributed by atoms with Gasteiger partial charge in [-0.05, 0) is 24.5 Å². The van der Waals surface area contributed by atoms with Crippen molar-refractivity contribution in [3.8, 4) is 0 Å². The van der Waals surface area contributed by atoms with E-state index in [1.54, 1.807) is 19.9 Å². The van der Waals surface area contributed by atoms with E-state index in [0.717, 1.165) is 29.9 Å². The first-order valence-electron chi connectivity index (χ1n) is 9.80. The average molecular weight is 410 g/mol. The monoisotopic (exact) mass is 410 g/mol. The van der Waals surface area contributed by atoms with Crippen molar-refractivity contribution in [1.29, 1.82) is 0 Å². The maximum atomic E-state index is 13.0. The Bertz CT molecular complexity index is 796. The number of benzene rings is 1. The van der Waals surface area contributed by atoms with Gasteiger partial charge in [-0.3, -0.25) is 19.3 Å². The molecule has 1 aliphatic heterocycles. The zero-order valence-corrected chi connectivity index (χ0v) is 16.5. The average Bonchev–Trinajstić information content (AvgIpc) is 2.91. The molecule has 1 heterocycles. The molecule has 2 fully saturated rings. The molecule has 2 atom stereocenters.